The van der Waals surface area contributed by atoms with Gasteiger partial charge in [-0.1, -0.05) is 53.5 Å². The Balaban J connectivity index is 1.37. The van der Waals surface area contributed by atoms with Crippen molar-refractivity contribution in [2.24, 2.45) is 0 Å². The molecule has 1 fully saturated rings. The van der Waals surface area contributed by atoms with Gasteiger partial charge in [-0.3, -0.25) is 9.59 Å². The van der Waals surface area contributed by atoms with Gasteiger partial charge >= 0.3 is 6.03 Å². The second-order valence-electron chi connectivity index (χ2n) is 7.50. The van der Waals surface area contributed by atoms with Gasteiger partial charge in [0.15, 0.2) is 0 Å². The molecule has 1 saturated heterocycles. The molecular weight excluding hydrogens is 496 g/mol. The quantitative estimate of drug-likeness (QED) is 0.334. The molecule has 0 unspecified atom stereocenters. The number of imide groups is 1. The molecule has 178 valence electrons. The van der Waals surface area contributed by atoms with Crippen LogP contribution in [0.5, 0.6) is 5.75 Å². The number of anilines is 1. The lowest BCUT2D eigenvalue weighted by Crippen LogP contribution is -2.38. The molecule has 0 radical (unpaired) electrons. The third kappa shape index (κ3) is 5.98. The Morgan fingerprint density at radius 2 is 1.80 bits per heavy atom. The van der Waals surface area contributed by atoms with E-state index in [1.54, 1.807) is 48.5 Å². The summed E-state index contributed by atoms with van der Waals surface area (Å²) in [6.45, 7) is -0.314. The van der Waals surface area contributed by atoms with Gasteiger partial charge in [0.2, 0.25) is 5.91 Å². The molecular formula is C25H18Cl2FN3O4. The number of carbonyl (C=O) groups excluding carboxylic acids is 3. The molecule has 3 aromatic rings. The van der Waals surface area contributed by atoms with Crippen molar-refractivity contribution < 1.29 is 23.5 Å². The first-order valence-electron chi connectivity index (χ1n) is 10.4. The van der Waals surface area contributed by atoms with Crippen LogP contribution in [0, 0.1) is 5.82 Å². The molecule has 0 spiro atoms. The van der Waals surface area contributed by atoms with E-state index in [9.17, 15) is 18.8 Å². The van der Waals surface area contributed by atoms with Crippen LogP contribution in [0.4, 0.5) is 14.9 Å². The monoisotopic (exact) mass is 513 g/mol. The van der Waals surface area contributed by atoms with Crippen LogP contribution in [-0.2, 0) is 16.2 Å². The zero-order valence-electron chi connectivity index (χ0n) is 18.1. The highest BCUT2D eigenvalue weighted by atomic mass is 35.5. The number of nitrogens with one attached hydrogen (secondary N) is 2. The van der Waals surface area contributed by atoms with Crippen molar-refractivity contribution in [1.29, 1.82) is 0 Å². The Hall–Kier alpha value is -3.88. The van der Waals surface area contributed by atoms with Gasteiger partial charge in [-0.05, 0) is 48.0 Å². The van der Waals surface area contributed by atoms with E-state index in [-0.39, 0.29) is 18.0 Å². The van der Waals surface area contributed by atoms with Gasteiger partial charge < -0.3 is 15.4 Å². The van der Waals surface area contributed by atoms with Crippen LogP contribution < -0.4 is 15.4 Å². The number of amides is 4. The normalized spacial score (nSPS) is 14.3. The molecule has 3 aromatic carbocycles. The van der Waals surface area contributed by atoms with E-state index in [1.807, 2.05) is 0 Å². The van der Waals surface area contributed by atoms with Gasteiger partial charge in [0.05, 0.1) is 5.69 Å². The van der Waals surface area contributed by atoms with Crippen LogP contribution in [0.15, 0.2) is 72.4 Å². The Kier molecular flexibility index (Phi) is 7.33. The standard InChI is InChI=1S/C25H18Cl2FN3O4/c26-17-8-7-16(19(27)12-17)14-35-18-9-5-15(6-10-18)11-22-24(33)31(25(34)30-22)13-23(32)29-21-4-2-1-3-20(21)28/h1-12H,13-14H2,(H,29,32)(H,30,34)/b22-11+. The van der Waals surface area contributed by atoms with Crippen LogP contribution in [0.3, 0.4) is 0 Å². The molecule has 4 amide bonds. The minimum Gasteiger partial charge on any atom is -0.489 e. The molecule has 0 atom stereocenters. The summed E-state index contributed by atoms with van der Waals surface area (Å²) in [5.41, 5.74) is 1.38. The number of hydrogen-bond donors (Lipinski definition) is 2. The summed E-state index contributed by atoms with van der Waals surface area (Å²) in [5, 5.41) is 5.82. The van der Waals surface area contributed by atoms with Gasteiger partial charge in [0.25, 0.3) is 5.91 Å². The topological polar surface area (TPSA) is 87.7 Å². The molecule has 0 aromatic heterocycles. The second kappa shape index (κ2) is 10.6. The van der Waals surface area contributed by atoms with E-state index >= 15 is 0 Å². The van der Waals surface area contributed by atoms with Crippen molar-refractivity contribution in [3.8, 4) is 5.75 Å². The van der Waals surface area contributed by atoms with Crippen molar-refractivity contribution >= 4 is 52.8 Å². The first-order chi connectivity index (χ1) is 16.8. The zero-order chi connectivity index (χ0) is 24.9. The number of carbonyl (C=O) groups is 3. The van der Waals surface area contributed by atoms with E-state index in [2.05, 4.69) is 10.6 Å². The van der Waals surface area contributed by atoms with E-state index in [0.29, 0.717) is 21.4 Å². The van der Waals surface area contributed by atoms with Gasteiger partial charge in [0.1, 0.15) is 30.4 Å². The number of para-hydroxylation sites is 1. The molecule has 1 heterocycles. The molecule has 2 N–H and O–H groups in total. The third-order valence-electron chi connectivity index (χ3n) is 5.01. The smallest absolute Gasteiger partial charge is 0.329 e. The molecule has 0 aliphatic carbocycles. The highest BCUT2D eigenvalue weighted by molar-refractivity contribution is 6.35. The number of hydrogen-bond acceptors (Lipinski definition) is 4. The summed E-state index contributed by atoms with van der Waals surface area (Å²) in [6.07, 6.45) is 1.48. The third-order valence-corrected chi connectivity index (χ3v) is 5.60. The Bertz CT molecular complexity index is 1330. The minimum absolute atomic E-state index is 0.00954. The average molecular weight is 514 g/mol. The van der Waals surface area contributed by atoms with Crippen LogP contribution >= 0.6 is 23.2 Å². The minimum atomic E-state index is -0.746. The van der Waals surface area contributed by atoms with E-state index in [4.69, 9.17) is 27.9 Å². The average Bonchev–Trinajstić information content (AvgIpc) is 3.08. The number of urea groups is 1. The van der Waals surface area contributed by atoms with Gasteiger partial charge in [-0.25, -0.2) is 14.1 Å². The summed E-state index contributed by atoms with van der Waals surface area (Å²) in [6, 6.07) is 16.8. The Morgan fingerprint density at radius 3 is 2.51 bits per heavy atom. The summed E-state index contributed by atoms with van der Waals surface area (Å²) < 4.78 is 19.4. The molecule has 0 saturated carbocycles. The van der Waals surface area contributed by atoms with E-state index in [1.165, 1.54) is 24.3 Å². The van der Waals surface area contributed by atoms with Crippen LogP contribution in [0.1, 0.15) is 11.1 Å². The predicted octanol–water partition coefficient (Wildman–Crippen LogP) is 5.24. The highest BCUT2D eigenvalue weighted by Crippen LogP contribution is 2.23. The van der Waals surface area contributed by atoms with Gasteiger partial charge in [0, 0.05) is 15.6 Å². The molecule has 10 heteroatoms. The van der Waals surface area contributed by atoms with E-state index in [0.717, 1.165) is 10.5 Å². The van der Waals surface area contributed by atoms with Crippen LogP contribution in [-0.4, -0.2) is 29.3 Å². The number of benzene rings is 3. The molecule has 0 bridgehead atoms. The fourth-order valence-corrected chi connectivity index (χ4v) is 3.70. The van der Waals surface area contributed by atoms with Crippen LogP contribution in [0.2, 0.25) is 10.0 Å². The fraction of sp³-hybridized carbons (Fsp3) is 0.0800. The lowest BCUT2D eigenvalue weighted by molar-refractivity contribution is -0.127. The Morgan fingerprint density at radius 1 is 1.06 bits per heavy atom. The fourth-order valence-electron chi connectivity index (χ4n) is 3.24. The van der Waals surface area contributed by atoms with Crippen molar-refractivity contribution in [1.82, 2.24) is 10.2 Å². The molecule has 1 aliphatic heterocycles. The van der Waals surface area contributed by atoms with Crippen molar-refractivity contribution in [3.05, 3.63) is 99.4 Å². The lowest BCUT2D eigenvalue weighted by atomic mass is 10.2. The van der Waals surface area contributed by atoms with Gasteiger partial charge in [-0.15, -0.1) is 0 Å². The van der Waals surface area contributed by atoms with Crippen molar-refractivity contribution in [2.45, 2.75) is 6.61 Å². The lowest BCUT2D eigenvalue weighted by Gasteiger charge is -2.12. The molecule has 7 nitrogen and oxygen atoms in total. The molecule has 35 heavy (non-hydrogen) atoms. The van der Waals surface area contributed by atoms with Crippen molar-refractivity contribution in [3.63, 3.8) is 0 Å². The summed E-state index contributed by atoms with van der Waals surface area (Å²) in [4.78, 5) is 37.8. The maximum atomic E-state index is 13.7. The first kappa shape index (κ1) is 24.3. The number of halogens is 3. The number of rotatable bonds is 7. The summed E-state index contributed by atoms with van der Waals surface area (Å²) in [7, 11) is 0. The zero-order valence-corrected chi connectivity index (χ0v) is 19.6. The molecule has 1 aliphatic rings. The molecule has 4 rings (SSSR count). The highest BCUT2D eigenvalue weighted by Gasteiger charge is 2.35. The maximum absolute atomic E-state index is 13.7. The summed E-state index contributed by atoms with van der Waals surface area (Å²) in [5.74, 6) is -1.42. The van der Waals surface area contributed by atoms with E-state index < -0.39 is 30.2 Å². The Labute approximate surface area is 210 Å². The maximum Gasteiger partial charge on any atom is 0.329 e. The largest absolute Gasteiger partial charge is 0.489 e. The number of nitrogens with zero attached hydrogens (tertiary/aromatic N) is 1. The summed E-state index contributed by atoms with van der Waals surface area (Å²) >= 11 is 12.0. The van der Waals surface area contributed by atoms with Gasteiger partial charge in [-0.2, -0.15) is 0 Å². The van der Waals surface area contributed by atoms with Crippen LogP contribution in [0.25, 0.3) is 6.08 Å². The first-order valence-corrected chi connectivity index (χ1v) is 11.1. The number of ether oxygens (including phenoxy) is 1. The van der Waals surface area contributed by atoms with Crippen molar-refractivity contribution in [2.75, 3.05) is 11.9 Å². The predicted molar refractivity (Wildman–Crippen MR) is 130 cm³/mol. The SMILES string of the molecule is O=C(CN1C(=O)N/C(=C/c2ccc(OCc3ccc(Cl)cc3Cl)cc2)C1=O)Nc1ccccc1F. The second-order valence-corrected chi connectivity index (χ2v) is 8.34.